The van der Waals surface area contributed by atoms with E-state index in [-0.39, 0.29) is 6.10 Å². The maximum Gasteiger partial charge on any atom is 0.0865 e. The average Bonchev–Trinajstić information content (AvgIpc) is 2.49. The number of rotatable bonds is 6. The molecule has 0 spiro atoms. The second kappa shape index (κ2) is 8.38. The molecule has 1 N–H and O–H groups in total. The standard InChI is InChI=1S/C17H24Cl2O2/c1-2-21-17(12-7-4-3-5-8-12)16(20)11-13-14(18)9-6-10-15(13)19/h6,9-10,12,16-17,20H,2-5,7-8,11H2,1H3. The van der Waals surface area contributed by atoms with Crippen molar-refractivity contribution in [2.75, 3.05) is 6.61 Å². The lowest BCUT2D eigenvalue weighted by atomic mass is 9.82. The number of aliphatic hydroxyl groups is 1. The van der Waals surface area contributed by atoms with Gasteiger partial charge in [0.15, 0.2) is 0 Å². The Balaban J connectivity index is 2.09. The Hall–Kier alpha value is -0.280. The molecule has 1 saturated carbocycles. The Kier molecular flexibility index (Phi) is 6.81. The number of halogens is 2. The van der Waals surface area contributed by atoms with Gasteiger partial charge < -0.3 is 9.84 Å². The van der Waals surface area contributed by atoms with Gasteiger partial charge in [-0.3, -0.25) is 0 Å². The van der Waals surface area contributed by atoms with Crippen LogP contribution in [0.4, 0.5) is 0 Å². The maximum atomic E-state index is 10.7. The van der Waals surface area contributed by atoms with Gasteiger partial charge in [-0.2, -0.15) is 0 Å². The summed E-state index contributed by atoms with van der Waals surface area (Å²) in [6, 6.07) is 5.44. The summed E-state index contributed by atoms with van der Waals surface area (Å²) in [5.41, 5.74) is 0.814. The summed E-state index contributed by atoms with van der Waals surface area (Å²) in [6.07, 6.45) is 5.78. The zero-order chi connectivity index (χ0) is 15.2. The van der Waals surface area contributed by atoms with Gasteiger partial charge in [0.25, 0.3) is 0 Å². The molecule has 1 aromatic carbocycles. The van der Waals surface area contributed by atoms with Crippen molar-refractivity contribution in [3.8, 4) is 0 Å². The van der Waals surface area contributed by atoms with E-state index in [0.29, 0.717) is 29.0 Å². The van der Waals surface area contributed by atoms with Crippen LogP contribution in [0.5, 0.6) is 0 Å². The lowest BCUT2D eigenvalue weighted by Crippen LogP contribution is -2.38. The van der Waals surface area contributed by atoms with Crippen LogP contribution in [0.2, 0.25) is 10.0 Å². The van der Waals surface area contributed by atoms with Gasteiger partial charge in [0, 0.05) is 23.1 Å². The van der Waals surface area contributed by atoms with Gasteiger partial charge in [0.1, 0.15) is 0 Å². The molecule has 0 heterocycles. The predicted octanol–water partition coefficient (Wildman–Crippen LogP) is 4.88. The van der Waals surface area contributed by atoms with Gasteiger partial charge in [-0.1, -0.05) is 48.5 Å². The van der Waals surface area contributed by atoms with Crippen molar-refractivity contribution >= 4 is 23.2 Å². The minimum absolute atomic E-state index is 0.123. The van der Waals surface area contributed by atoms with E-state index in [2.05, 4.69) is 0 Å². The molecule has 1 fully saturated rings. The molecule has 1 aliphatic carbocycles. The first kappa shape index (κ1) is 17.1. The minimum atomic E-state index is -0.564. The summed E-state index contributed by atoms with van der Waals surface area (Å²) in [5.74, 6) is 0.440. The van der Waals surface area contributed by atoms with Crippen LogP contribution in [0.25, 0.3) is 0 Å². The van der Waals surface area contributed by atoms with Crippen molar-refractivity contribution in [2.24, 2.45) is 5.92 Å². The summed E-state index contributed by atoms with van der Waals surface area (Å²) < 4.78 is 5.86. The van der Waals surface area contributed by atoms with Crippen LogP contribution in [-0.2, 0) is 11.2 Å². The van der Waals surface area contributed by atoms with E-state index in [1.807, 2.05) is 25.1 Å². The fourth-order valence-corrected chi connectivity index (χ4v) is 3.82. The minimum Gasteiger partial charge on any atom is -0.390 e. The van der Waals surface area contributed by atoms with Crippen LogP contribution in [-0.4, -0.2) is 23.9 Å². The zero-order valence-corrected chi connectivity index (χ0v) is 14.0. The summed E-state index contributed by atoms with van der Waals surface area (Å²) >= 11 is 12.4. The highest BCUT2D eigenvalue weighted by Gasteiger charge is 2.30. The van der Waals surface area contributed by atoms with E-state index in [0.717, 1.165) is 18.4 Å². The number of ether oxygens (including phenoxy) is 1. The first-order valence-corrected chi connectivity index (χ1v) is 8.61. The van der Waals surface area contributed by atoms with Crippen LogP contribution < -0.4 is 0 Å². The van der Waals surface area contributed by atoms with E-state index in [4.69, 9.17) is 27.9 Å². The maximum absolute atomic E-state index is 10.7. The van der Waals surface area contributed by atoms with Crippen LogP contribution in [0, 0.1) is 5.92 Å². The molecule has 0 saturated heterocycles. The van der Waals surface area contributed by atoms with Gasteiger partial charge in [-0.05, 0) is 43.4 Å². The first-order chi connectivity index (χ1) is 10.1. The summed E-state index contributed by atoms with van der Waals surface area (Å²) in [4.78, 5) is 0. The molecule has 21 heavy (non-hydrogen) atoms. The molecule has 4 heteroatoms. The van der Waals surface area contributed by atoms with E-state index in [1.54, 1.807) is 0 Å². The van der Waals surface area contributed by atoms with Crippen LogP contribution in [0.3, 0.4) is 0 Å². The average molecular weight is 331 g/mol. The van der Waals surface area contributed by atoms with Gasteiger partial charge in [-0.15, -0.1) is 0 Å². The first-order valence-electron chi connectivity index (χ1n) is 7.86. The van der Waals surface area contributed by atoms with Crippen molar-refractivity contribution < 1.29 is 9.84 Å². The lowest BCUT2D eigenvalue weighted by molar-refractivity contribution is -0.0715. The quantitative estimate of drug-likeness (QED) is 0.805. The SMILES string of the molecule is CCOC(C(O)Cc1c(Cl)cccc1Cl)C1CCCCC1. The Morgan fingerprint density at radius 1 is 1.19 bits per heavy atom. The van der Waals surface area contributed by atoms with Crippen molar-refractivity contribution in [1.29, 1.82) is 0 Å². The van der Waals surface area contributed by atoms with Crippen molar-refractivity contribution in [3.05, 3.63) is 33.8 Å². The Morgan fingerprint density at radius 3 is 2.38 bits per heavy atom. The van der Waals surface area contributed by atoms with Crippen molar-refractivity contribution in [3.63, 3.8) is 0 Å². The molecule has 118 valence electrons. The molecular weight excluding hydrogens is 307 g/mol. The third kappa shape index (κ3) is 4.59. The topological polar surface area (TPSA) is 29.5 Å². The highest BCUT2D eigenvalue weighted by molar-refractivity contribution is 6.35. The Bertz CT molecular complexity index is 424. The monoisotopic (exact) mass is 330 g/mol. The van der Waals surface area contributed by atoms with E-state index >= 15 is 0 Å². The lowest BCUT2D eigenvalue weighted by Gasteiger charge is -2.33. The van der Waals surface area contributed by atoms with Crippen molar-refractivity contribution in [2.45, 2.75) is 57.7 Å². The van der Waals surface area contributed by atoms with Crippen LogP contribution in [0.1, 0.15) is 44.6 Å². The highest BCUT2D eigenvalue weighted by Crippen LogP contribution is 2.32. The molecule has 2 rings (SSSR count). The van der Waals surface area contributed by atoms with Gasteiger partial charge >= 0.3 is 0 Å². The third-order valence-electron chi connectivity index (χ3n) is 4.33. The van der Waals surface area contributed by atoms with E-state index in [1.165, 1.54) is 19.3 Å². The molecule has 0 amide bonds. The number of aliphatic hydroxyl groups excluding tert-OH is 1. The zero-order valence-electron chi connectivity index (χ0n) is 12.5. The second-order valence-electron chi connectivity index (χ2n) is 5.79. The number of hydrogen-bond acceptors (Lipinski definition) is 2. The van der Waals surface area contributed by atoms with Crippen molar-refractivity contribution in [1.82, 2.24) is 0 Å². The molecule has 2 nitrogen and oxygen atoms in total. The third-order valence-corrected chi connectivity index (χ3v) is 5.04. The molecule has 0 aromatic heterocycles. The van der Waals surface area contributed by atoms with E-state index in [9.17, 15) is 5.11 Å². The molecule has 2 unspecified atom stereocenters. The van der Waals surface area contributed by atoms with E-state index < -0.39 is 6.10 Å². The summed E-state index contributed by atoms with van der Waals surface area (Å²) in [5, 5.41) is 11.9. The molecule has 0 radical (unpaired) electrons. The largest absolute Gasteiger partial charge is 0.390 e. The molecule has 0 bridgehead atoms. The smallest absolute Gasteiger partial charge is 0.0865 e. The highest BCUT2D eigenvalue weighted by atomic mass is 35.5. The Labute approximate surface area is 137 Å². The van der Waals surface area contributed by atoms with Crippen LogP contribution in [0.15, 0.2) is 18.2 Å². The normalized spacial score (nSPS) is 19.4. The van der Waals surface area contributed by atoms with Gasteiger partial charge in [0.05, 0.1) is 12.2 Å². The molecule has 0 aliphatic heterocycles. The van der Waals surface area contributed by atoms with Gasteiger partial charge in [-0.25, -0.2) is 0 Å². The number of hydrogen-bond donors (Lipinski definition) is 1. The summed E-state index contributed by atoms with van der Waals surface area (Å²) in [6.45, 7) is 2.60. The Morgan fingerprint density at radius 2 is 1.81 bits per heavy atom. The van der Waals surface area contributed by atoms with Gasteiger partial charge in [0.2, 0.25) is 0 Å². The fourth-order valence-electron chi connectivity index (χ4n) is 3.27. The molecule has 1 aromatic rings. The molecular formula is C17H24Cl2O2. The predicted molar refractivity (Wildman–Crippen MR) is 88.2 cm³/mol. The van der Waals surface area contributed by atoms with Crippen LogP contribution >= 0.6 is 23.2 Å². The number of benzene rings is 1. The summed E-state index contributed by atoms with van der Waals surface area (Å²) in [7, 11) is 0. The fraction of sp³-hybridized carbons (Fsp3) is 0.647. The molecule has 1 aliphatic rings. The molecule has 2 atom stereocenters. The second-order valence-corrected chi connectivity index (χ2v) is 6.60.